The third-order valence-electron chi connectivity index (χ3n) is 5.63. The van der Waals surface area contributed by atoms with Gasteiger partial charge in [0, 0.05) is 55.7 Å². The van der Waals surface area contributed by atoms with Gasteiger partial charge in [0.2, 0.25) is 5.91 Å². The van der Waals surface area contributed by atoms with Crippen LogP contribution in [0.25, 0.3) is 0 Å². The molecule has 0 aliphatic carbocycles. The van der Waals surface area contributed by atoms with Gasteiger partial charge < -0.3 is 10.2 Å². The number of piperidine rings is 1. The van der Waals surface area contributed by atoms with Crippen LogP contribution in [0, 0.1) is 0 Å². The lowest BCUT2D eigenvalue weighted by molar-refractivity contribution is -0.134. The number of thioether (sulfide) groups is 1. The molecule has 0 spiro atoms. The summed E-state index contributed by atoms with van der Waals surface area (Å²) < 4.78 is 0. The van der Waals surface area contributed by atoms with Gasteiger partial charge in [-0.15, -0.1) is 0 Å². The van der Waals surface area contributed by atoms with Crippen molar-refractivity contribution in [1.29, 1.82) is 0 Å². The zero-order valence-electron chi connectivity index (χ0n) is 14.4. The van der Waals surface area contributed by atoms with Crippen LogP contribution in [0.1, 0.15) is 28.8 Å². The first kappa shape index (κ1) is 16.9. The molecular formula is C19H25N3O2S. The number of hydrogen-bond donors (Lipinski definition) is 1. The molecule has 1 N–H and O–H groups in total. The minimum Gasteiger partial charge on any atom is -0.341 e. The van der Waals surface area contributed by atoms with Gasteiger partial charge in [-0.25, -0.2) is 0 Å². The number of rotatable bonds is 2. The molecule has 2 fully saturated rings. The smallest absolute Gasteiger partial charge is 0.252 e. The van der Waals surface area contributed by atoms with Crippen molar-refractivity contribution < 1.29 is 9.59 Å². The molecule has 3 aliphatic heterocycles. The minimum atomic E-state index is -0.412. The first-order valence-electron chi connectivity index (χ1n) is 9.22. The topological polar surface area (TPSA) is 52.7 Å². The Balaban J connectivity index is 1.36. The van der Waals surface area contributed by atoms with Gasteiger partial charge in [-0.2, -0.15) is 11.8 Å². The second-order valence-corrected chi connectivity index (χ2v) is 8.32. The summed E-state index contributed by atoms with van der Waals surface area (Å²) in [5, 5.41) is 2.90. The second-order valence-electron chi connectivity index (χ2n) is 7.09. The summed E-state index contributed by atoms with van der Waals surface area (Å²) >= 11 is 2.04. The lowest BCUT2D eigenvalue weighted by Crippen LogP contribution is -2.55. The van der Waals surface area contributed by atoms with Crippen LogP contribution in [0.15, 0.2) is 24.3 Å². The summed E-state index contributed by atoms with van der Waals surface area (Å²) in [6.45, 7) is 3.97. The Kier molecular flexibility index (Phi) is 4.99. The van der Waals surface area contributed by atoms with E-state index < -0.39 is 6.04 Å². The van der Waals surface area contributed by atoms with Gasteiger partial charge in [-0.05, 0) is 24.5 Å². The maximum absolute atomic E-state index is 12.9. The SMILES string of the molecule is O=C1N[C@H](C(=O)N2CCC(N3CCSCC3)CC2)Cc2ccccc21. The van der Waals surface area contributed by atoms with Crippen LogP contribution in [0.3, 0.4) is 0 Å². The third-order valence-corrected chi connectivity index (χ3v) is 6.57. The Morgan fingerprint density at radius 1 is 1.08 bits per heavy atom. The molecule has 0 bridgehead atoms. The standard InChI is InChI=1S/C19H25N3O2S/c23-18-16-4-2-1-3-14(16)13-17(20-18)19(24)22-7-5-15(6-8-22)21-9-11-25-12-10-21/h1-4,15,17H,5-13H2,(H,20,23)/t17-/m0/s1. The Labute approximate surface area is 153 Å². The van der Waals surface area contributed by atoms with E-state index in [4.69, 9.17) is 0 Å². The first-order valence-corrected chi connectivity index (χ1v) is 10.4. The van der Waals surface area contributed by atoms with E-state index in [1.807, 2.05) is 40.9 Å². The molecule has 1 aromatic carbocycles. The van der Waals surface area contributed by atoms with Crippen LogP contribution in [0.2, 0.25) is 0 Å². The molecule has 3 aliphatic rings. The number of likely N-dealkylation sites (tertiary alicyclic amines) is 1. The van der Waals surface area contributed by atoms with E-state index in [0.717, 1.165) is 31.5 Å². The van der Waals surface area contributed by atoms with E-state index >= 15 is 0 Å². The van der Waals surface area contributed by atoms with Gasteiger partial charge in [0.15, 0.2) is 0 Å². The summed E-state index contributed by atoms with van der Waals surface area (Å²) in [4.78, 5) is 29.7. The minimum absolute atomic E-state index is 0.0792. The number of fused-ring (bicyclic) bond motifs is 1. The van der Waals surface area contributed by atoms with E-state index in [1.54, 1.807) is 0 Å². The van der Waals surface area contributed by atoms with Gasteiger partial charge in [-0.1, -0.05) is 18.2 Å². The first-order chi connectivity index (χ1) is 12.2. The van der Waals surface area contributed by atoms with Gasteiger partial charge in [-0.3, -0.25) is 14.5 Å². The fraction of sp³-hybridized carbons (Fsp3) is 0.579. The Morgan fingerprint density at radius 3 is 2.56 bits per heavy atom. The highest BCUT2D eigenvalue weighted by Gasteiger charge is 2.34. The lowest BCUT2D eigenvalue weighted by atomic mass is 9.94. The van der Waals surface area contributed by atoms with Gasteiger partial charge in [0.25, 0.3) is 5.91 Å². The Hall–Kier alpha value is -1.53. The largest absolute Gasteiger partial charge is 0.341 e. The molecule has 0 radical (unpaired) electrons. The van der Waals surface area contributed by atoms with Gasteiger partial charge in [0.05, 0.1) is 0 Å². The maximum atomic E-state index is 12.9. The van der Waals surface area contributed by atoms with Crippen molar-refractivity contribution in [3.05, 3.63) is 35.4 Å². The van der Waals surface area contributed by atoms with E-state index in [0.29, 0.717) is 18.0 Å². The number of benzene rings is 1. The summed E-state index contributed by atoms with van der Waals surface area (Å²) in [6.07, 6.45) is 2.70. The highest BCUT2D eigenvalue weighted by atomic mass is 32.2. The average Bonchev–Trinajstić information content (AvgIpc) is 2.68. The number of nitrogens with one attached hydrogen (secondary N) is 1. The molecule has 2 amide bonds. The molecular weight excluding hydrogens is 334 g/mol. The van der Waals surface area contributed by atoms with Crippen molar-refractivity contribution in [2.45, 2.75) is 31.3 Å². The Morgan fingerprint density at radius 2 is 1.80 bits per heavy atom. The zero-order chi connectivity index (χ0) is 17.2. The van der Waals surface area contributed by atoms with Crippen LogP contribution < -0.4 is 5.32 Å². The summed E-state index contributed by atoms with van der Waals surface area (Å²) in [6, 6.07) is 7.78. The van der Waals surface area contributed by atoms with E-state index in [9.17, 15) is 9.59 Å². The summed E-state index contributed by atoms with van der Waals surface area (Å²) in [7, 11) is 0. The normalized spacial score (nSPS) is 25.4. The number of nitrogens with zero attached hydrogens (tertiary/aromatic N) is 2. The maximum Gasteiger partial charge on any atom is 0.252 e. The quantitative estimate of drug-likeness (QED) is 0.867. The molecule has 5 nitrogen and oxygen atoms in total. The predicted molar refractivity (Wildman–Crippen MR) is 99.9 cm³/mol. The fourth-order valence-electron chi connectivity index (χ4n) is 4.19. The highest BCUT2D eigenvalue weighted by Crippen LogP contribution is 2.23. The zero-order valence-corrected chi connectivity index (χ0v) is 15.3. The Bertz CT molecular complexity index is 652. The van der Waals surface area contributed by atoms with Crippen LogP contribution >= 0.6 is 11.8 Å². The van der Waals surface area contributed by atoms with Crippen molar-refractivity contribution in [2.75, 3.05) is 37.7 Å². The lowest BCUT2D eigenvalue weighted by Gasteiger charge is -2.41. The van der Waals surface area contributed by atoms with Crippen molar-refractivity contribution in [3.8, 4) is 0 Å². The van der Waals surface area contributed by atoms with Crippen molar-refractivity contribution in [1.82, 2.24) is 15.1 Å². The van der Waals surface area contributed by atoms with Crippen LogP contribution in [-0.2, 0) is 11.2 Å². The van der Waals surface area contributed by atoms with Crippen molar-refractivity contribution in [3.63, 3.8) is 0 Å². The molecule has 4 rings (SSSR count). The molecule has 1 atom stereocenters. The van der Waals surface area contributed by atoms with E-state index in [-0.39, 0.29) is 11.8 Å². The molecule has 2 saturated heterocycles. The average molecular weight is 359 g/mol. The molecule has 3 heterocycles. The fourth-order valence-corrected chi connectivity index (χ4v) is 5.12. The van der Waals surface area contributed by atoms with Crippen LogP contribution in [0.4, 0.5) is 0 Å². The highest BCUT2D eigenvalue weighted by molar-refractivity contribution is 7.99. The number of carbonyl (C=O) groups is 2. The second kappa shape index (κ2) is 7.38. The molecule has 25 heavy (non-hydrogen) atoms. The molecule has 1 aromatic rings. The third kappa shape index (κ3) is 3.55. The molecule has 134 valence electrons. The number of amides is 2. The molecule has 0 unspecified atom stereocenters. The number of carbonyl (C=O) groups excluding carboxylic acids is 2. The predicted octanol–water partition coefficient (Wildman–Crippen LogP) is 1.38. The van der Waals surface area contributed by atoms with E-state index in [1.165, 1.54) is 24.6 Å². The molecule has 6 heteroatoms. The van der Waals surface area contributed by atoms with Crippen LogP contribution in [0.5, 0.6) is 0 Å². The van der Waals surface area contributed by atoms with E-state index in [2.05, 4.69) is 10.2 Å². The number of hydrogen-bond acceptors (Lipinski definition) is 4. The van der Waals surface area contributed by atoms with Gasteiger partial charge in [0.1, 0.15) is 6.04 Å². The van der Waals surface area contributed by atoms with Crippen molar-refractivity contribution >= 4 is 23.6 Å². The monoisotopic (exact) mass is 359 g/mol. The van der Waals surface area contributed by atoms with Gasteiger partial charge >= 0.3 is 0 Å². The summed E-state index contributed by atoms with van der Waals surface area (Å²) in [5.41, 5.74) is 1.68. The van der Waals surface area contributed by atoms with Crippen LogP contribution in [-0.4, -0.2) is 71.4 Å². The van der Waals surface area contributed by atoms with Crippen molar-refractivity contribution in [2.24, 2.45) is 0 Å². The summed E-state index contributed by atoms with van der Waals surface area (Å²) in [5.74, 6) is 2.41. The molecule has 0 aromatic heterocycles. The molecule has 0 saturated carbocycles.